The molecule has 1 aromatic carbocycles. The predicted octanol–water partition coefficient (Wildman–Crippen LogP) is 4.56. The van der Waals surface area contributed by atoms with Crippen LogP contribution in [-0.4, -0.2) is 49.2 Å². The van der Waals surface area contributed by atoms with Gasteiger partial charge in [0.15, 0.2) is 5.60 Å². The number of hydrogen-bond acceptors (Lipinski definition) is 6. The van der Waals surface area contributed by atoms with E-state index in [9.17, 15) is 31.5 Å². The highest BCUT2D eigenvalue weighted by Gasteiger charge is 2.53. The topological polar surface area (TPSA) is 112 Å². The zero-order valence-corrected chi connectivity index (χ0v) is 22.6. The summed E-state index contributed by atoms with van der Waals surface area (Å²) in [6, 6.07) is 7.91. The summed E-state index contributed by atoms with van der Waals surface area (Å²) in [4.78, 5) is 19.2. The third kappa shape index (κ3) is 5.97. The third-order valence-corrected chi connectivity index (χ3v) is 8.85. The van der Waals surface area contributed by atoms with Crippen LogP contribution in [0.2, 0.25) is 0 Å². The summed E-state index contributed by atoms with van der Waals surface area (Å²) in [7, 11) is -3.86. The number of benzene rings is 1. The molecule has 3 N–H and O–H groups in total. The van der Waals surface area contributed by atoms with Crippen molar-refractivity contribution in [2.24, 2.45) is 5.41 Å². The van der Waals surface area contributed by atoms with E-state index in [-0.39, 0.29) is 27.4 Å². The molecule has 1 saturated carbocycles. The summed E-state index contributed by atoms with van der Waals surface area (Å²) in [5.41, 5.74) is -4.02. The Morgan fingerprint density at radius 1 is 1.03 bits per heavy atom. The number of amides is 1. The van der Waals surface area contributed by atoms with Crippen molar-refractivity contribution >= 4 is 27.4 Å². The van der Waals surface area contributed by atoms with Gasteiger partial charge in [-0.2, -0.15) is 13.2 Å². The van der Waals surface area contributed by atoms with E-state index in [0.717, 1.165) is 31.7 Å². The van der Waals surface area contributed by atoms with Gasteiger partial charge in [-0.1, -0.05) is 6.07 Å². The van der Waals surface area contributed by atoms with Gasteiger partial charge in [0.25, 0.3) is 5.91 Å². The van der Waals surface area contributed by atoms with Gasteiger partial charge in [-0.05, 0) is 89.1 Å². The molecule has 8 nitrogen and oxygen atoms in total. The van der Waals surface area contributed by atoms with Crippen molar-refractivity contribution in [3.8, 4) is 0 Å². The summed E-state index contributed by atoms with van der Waals surface area (Å²) in [5.74, 6) is -0.603. The van der Waals surface area contributed by atoms with Crippen LogP contribution in [0.4, 0.5) is 24.7 Å². The molecule has 1 aliphatic carbocycles. The highest BCUT2D eigenvalue weighted by molar-refractivity contribution is 7.89. The first-order valence-corrected chi connectivity index (χ1v) is 13.9. The van der Waals surface area contributed by atoms with Gasteiger partial charge in [0.05, 0.1) is 16.2 Å². The molecule has 1 saturated heterocycles. The summed E-state index contributed by atoms with van der Waals surface area (Å²) in [5, 5.41) is 12.9. The van der Waals surface area contributed by atoms with E-state index in [2.05, 4.69) is 15.0 Å². The number of anilines is 2. The van der Waals surface area contributed by atoms with Crippen LogP contribution in [0, 0.1) is 5.41 Å². The first-order chi connectivity index (χ1) is 17.4. The van der Waals surface area contributed by atoms with Gasteiger partial charge in [-0.25, -0.2) is 18.1 Å². The van der Waals surface area contributed by atoms with E-state index in [0.29, 0.717) is 20.0 Å². The van der Waals surface area contributed by atoms with Gasteiger partial charge in [0.1, 0.15) is 5.82 Å². The molecular weight excluding hydrogens is 521 g/mol. The van der Waals surface area contributed by atoms with Crippen LogP contribution in [0.5, 0.6) is 0 Å². The van der Waals surface area contributed by atoms with Gasteiger partial charge < -0.3 is 15.3 Å². The number of nitrogens with one attached hydrogen (secondary N) is 2. The van der Waals surface area contributed by atoms with Gasteiger partial charge in [0, 0.05) is 24.3 Å². The van der Waals surface area contributed by atoms with E-state index in [4.69, 9.17) is 0 Å². The Labute approximate surface area is 220 Å². The second kappa shape index (κ2) is 9.49. The fourth-order valence-corrected chi connectivity index (χ4v) is 6.02. The summed E-state index contributed by atoms with van der Waals surface area (Å²) in [6.07, 6.45) is -1.04. The number of carbonyl (C=O) groups excluding carboxylic acids is 1. The van der Waals surface area contributed by atoms with Crippen LogP contribution in [-0.2, 0) is 15.6 Å². The number of rotatable bonds is 6. The minimum absolute atomic E-state index is 0.0274. The van der Waals surface area contributed by atoms with Crippen LogP contribution in [0.3, 0.4) is 0 Å². The number of alkyl halides is 3. The molecule has 0 radical (unpaired) electrons. The second-order valence-corrected chi connectivity index (χ2v) is 13.1. The Morgan fingerprint density at radius 2 is 1.66 bits per heavy atom. The number of sulfonamides is 1. The Kier molecular flexibility index (Phi) is 7.07. The molecule has 38 heavy (non-hydrogen) atoms. The van der Waals surface area contributed by atoms with Gasteiger partial charge in [0.2, 0.25) is 10.0 Å². The number of piperidine rings is 1. The van der Waals surface area contributed by atoms with Crippen molar-refractivity contribution < 1.29 is 31.5 Å². The highest BCUT2D eigenvalue weighted by atomic mass is 32.2. The number of aliphatic hydroxyl groups is 1. The van der Waals surface area contributed by atoms with Crippen molar-refractivity contribution in [2.45, 2.75) is 75.6 Å². The molecule has 2 aliphatic rings. The lowest BCUT2D eigenvalue weighted by molar-refractivity contribution is -0.260. The minimum Gasteiger partial charge on any atom is -0.375 e. The Morgan fingerprint density at radius 3 is 2.21 bits per heavy atom. The van der Waals surface area contributed by atoms with E-state index in [1.165, 1.54) is 30.3 Å². The van der Waals surface area contributed by atoms with Crippen LogP contribution >= 0.6 is 0 Å². The molecule has 1 spiro atoms. The monoisotopic (exact) mass is 554 g/mol. The molecule has 0 bridgehead atoms. The molecular formula is C26H33F3N4O4S. The number of halogens is 3. The maximum Gasteiger partial charge on any atom is 0.422 e. The van der Waals surface area contributed by atoms with Crippen molar-refractivity contribution in [1.29, 1.82) is 0 Å². The number of aromatic nitrogens is 1. The maximum absolute atomic E-state index is 13.5. The number of nitrogens with zero attached hydrogens (tertiary/aromatic N) is 2. The Hall–Kier alpha value is -2.70. The number of hydrogen-bond donors (Lipinski definition) is 3. The number of carbonyl (C=O) groups is 1. The van der Waals surface area contributed by atoms with E-state index in [1.54, 1.807) is 25.7 Å². The first-order valence-electron chi connectivity index (χ1n) is 12.4. The maximum atomic E-state index is 13.5. The quantitative estimate of drug-likeness (QED) is 0.483. The molecule has 208 valence electrons. The molecule has 2 fully saturated rings. The Balaban J connectivity index is 1.65. The Bertz CT molecular complexity index is 1320. The summed E-state index contributed by atoms with van der Waals surface area (Å²) in [6.45, 7) is 6.79. The van der Waals surface area contributed by atoms with E-state index >= 15 is 0 Å². The number of pyridine rings is 1. The van der Waals surface area contributed by atoms with Crippen LogP contribution in [0.15, 0.2) is 41.3 Å². The van der Waals surface area contributed by atoms with Crippen molar-refractivity contribution in [3.63, 3.8) is 0 Å². The second-order valence-electron chi connectivity index (χ2n) is 11.5. The average molecular weight is 555 g/mol. The molecule has 1 unspecified atom stereocenters. The average Bonchev–Trinajstić information content (AvgIpc) is 3.55. The van der Waals surface area contributed by atoms with Crippen molar-refractivity contribution in [1.82, 2.24) is 9.71 Å². The lowest BCUT2D eigenvalue weighted by Gasteiger charge is -2.35. The zero-order chi connectivity index (χ0) is 28.1. The summed E-state index contributed by atoms with van der Waals surface area (Å²) >= 11 is 0. The summed E-state index contributed by atoms with van der Waals surface area (Å²) < 4.78 is 68.7. The predicted molar refractivity (Wildman–Crippen MR) is 137 cm³/mol. The fraction of sp³-hybridized carbons (Fsp3) is 0.538. The first kappa shape index (κ1) is 28.3. The zero-order valence-electron chi connectivity index (χ0n) is 21.8. The van der Waals surface area contributed by atoms with Crippen molar-refractivity contribution in [3.05, 3.63) is 47.7 Å². The van der Waals surface area contributed by atoms with Crippen LogP contribution in [0.25, 0.3) is 0 Å². The molecule has 12 heteroatoms. The van der Waals surface area contributed by atoms with Crippen molar-refractivity contribution in [2.75, 3.05) is 23.3 Å². The lowest BCUT2D eigenvalue weighted by Crippen LogP contribution is -2.41. The molecule has 1 atom stereocenters. The lowest BCUT2D eigenvalue weighted by atomic mass is 9.93. The molecule has 1 aromatic heterocycles. The highest BCUT2D eigenvalue weighted by Crippen LogP contribution is 2.54. The third-order valence-electron chi connectivity index (χ3n) is 7.09. The molecule has 2 aromatic rings. The molecule has 2 heterocycles. The molecule has 1 amide bonds. The van der Waals surface area contributed by atoms with E-state index in [1.807, 2.05) is 0 Å². The standard InChI is InChI=1S/C26H33F3N4O4S/c1-23(2,3)32-38(36,37)18-7-5-6-17(16-18)30-22(34)19-8-9-20(24(4,35)26(27,28)29)31-21(19)33-14-12-25(10-11-25)13-15-33/h5-9,16,32,35H,10-15H2,1-4H3,(H,30,34). The SMILES string of the molecule is CC(C)(C)NS(=O)(=O)c1cccc(NC(=O)c2ccc(C(C)(O)C(F)(F)F)nc2N2CCC3(CC2)CC3)c1. The normalized spacial score (nSPS) is 19.2. The minimum atomic E-state index is -4.96. The van der Waals surface area contributed by atoms with Crippen LogP contribution in [0.1, 0.15) is 69.4 Å². The van der Waals surface area contributed by atoms with Gasteiger partial charge >= 0.3 is 6.18 Å². The van der Waals surface area contributed by atoms with Gasteiger partial charge in [-0.3, -0.25) is 4.79 Å². The van der Waals surface area contributed by atoms with Crippen LogP contribution < -0.4 is 14.9 Å². The largest absolute Gasteiger partial charge is 0.422 e. The fourth-order valence-electron chi connectivity index (χ4n) is 4.55. The smallest absolute Gasteiger partial charge is 0.375 e. The molecule has 4 rings (SSSR count). The molecule has 1 aliphatic heterocycles. The van der Waals surface area contributed by atoms with E-state index < -0.39 is 38.9 Å². The van der Waals surface area contributed by atoms with Gasteiger partial charge in [-0.15, -0.1) is 0 Å².